The zero-order valence-electron chi connectivity index (χ0n) is 16.1. The Hall–Kier alpha value is -3.28. The molecule has 0 radical (unpaired) electrons. The van der Waals surface area contributed by atoms with Crippen LogP contribution in [-0.2, 0) is 0 Å². The van der Waals surface area contributed by atoms with E-state index >= 15 is 0 Å². The summed E-state index contributed by atoms with van der Waals surface area (Å²) >= 11 is 0. The second-order valence-corrected chi connectivity index (χ2v) is 6.56. The van der Waals surface area contributed by atoms with Crippen LogP contribution in [0.15, 0.2) is 61.2 Å². The molecule has 1 fully saturated rings. The number of benzene rings is 2. The summed E-state index contributed by atoms with van der Waals surface area (Å²) in [4.78, 5) is 29.0. The third kappa shape index (κ3) is 4.52. The topological polar surface area (TPSA) is 61.9 Å². The van der Waals surface area contributed by atoms with Crippen molar-refractivity contribution in [2.24, 2.45) is 0 Å². The lowest BCUT2D eigenvalue weighted by atomic mass is 10.1. The highest BCUT2D eigenvalue weighted by atomic mass is 16.5. The number of carbonyl (C=O) groups excluding carboxylic acids is 2. The zero-order valence-corrected chi connectivity index (χ0v) is 16.1. The summed E-state index contributed by atoms with van der Waals surface area (Å²) in [5, 5.41) is 2.73. The van der Waals surface area contributed by atoms with E-state index in [-0.39, 0.29) is 11.8 Å². The molecular formula is C22H25N3O3. The molecule has 0 aromatic heterocycles. The van der Waals surface area contributed by atoms with E-state index in [1.807, 2.05) is 29.2 Å². The highest BCUT2D eigenvalue weighted by Gasteiger charge is 2.23. The van der Waals surface area contributed by atoms with E-state index in [1.54, 1.807) is 37.5 Å². The first-order valence-corrected chi connectivity index (χ1v) is 9.30. The average molecular weight is 379 g/mol. The van der Waals surface area contributed by atoms with Gasteiger partial charge >= 0.3 is 0 Å². The number of hydrogen-bond acceptors (Lipinski definition) is 4. The summed E-state index contributed by atoms with van der Waals surface area (Å²) in [7, 11) is 1.65. The Morgan fingerprint density at radius 3 is 2.39 bits per heavy atom. The van der Waals surface area contributed by atoms with Crippen molar-refractivity contribution in [3.05, 3.63) is 72.3 Å². The van der Waals surface area contributed by atoms with E-state index in [0.29, 0.717) is 30.8 Å². The summed E-state index contributed by atoms with van der Waals surface area (Å²) < 4.78 is 5.20. The molecule has 6 heteroatoms. The summed E-state index contributed by atoms with van der Waals surface area (Å²) in [6.45, 7) is 6.77. The number of carbonyl (C=O) groups is 2. The van der Waals surface area contributed by atoms with Crippen molar-refractivity contribution in [3.8, 4) is 5.75 Å². The van der Waals surface area contributed by atoms with Gasteiger partial charge in [0, 0.05) is 49.5 Å². The first kappa shape index (κ1) is 19.5. The van der Waals surface area contributed by atoms with E-state index in [1.165, 1.54) is 0 Å². The number of ether oxygens (including phenoxy) is 1. The number of amides is 2. The molecule has 0 saturated carbocycles. The molecule has 1 heterocycles. The Morgan fingerprint density at radius 2 is 1.75 bits per heavy atom. The van der Waals surface area contributed by atoms with Crippen molar-refractivity contribution in [3.63, 3.8) is 0 Å². The molecule has 1 aliphatic rings. The van der Waals surface area contributed by atoms with Gasteiger partial charge in [-0.05, 0) is 42.5 Å². The van der Waals surface area contributed by atoms with Crippen LogP contribution in [0, 0.1) is 0 Å². The molecule has 1 N–H and O–H groups in total. The molecule has 146 valence electrons. The van der Waals surface area contributed by atoms with Gasteiger partial charge in [-0.1, -0.05) is 12.1 Å². The Kier molecular flexibility index (Phi) is 6.32. The van der Waals surface area contributed by atoms with Crippen molar-refractivity contribution in [2.75, 3.05) is 44.7 Å². The number of rotatable bonds is 6. The van der Waals surface area contributed by atoms with Gasteiger partial charge in [0.1, 0.15) is 5.75 Å². The minimum absolute atomic E-state index is 0.0484. The number of piperazine rings is 1. The Labute approximate surface area is 165 Å². The normalized spacial score (nSPS) is 13.8. The van der Waals surface area contributed by atoms with Crippen LogP contribution < -0.4 is 15.0 Å². The summed E-state index contributed by atoms with van der Waals surface area (Å²) in [5.74, 6) is 0.571. The number of nitrogens with zero attached hydrogens (tertiary/aromatic N) is 2. The van der Waals surface area contributed by atoms with Gasteiger partial charge in [-0.15, -0.1) is 6.58 Å². The number of hydrogen-bond donors (Lipinski definition) is 1. The summed E-state index contributed by atoms with van der Waals surface area (Å²) in [6, 6.07) is 14.8. The molecule has 2 amide bonds. The van der Waals surface area contributed by atoms with Gasteiger partial charge in [0.05, 0.1) is 7.11 Å². The molecule has 6 nitrogen and oxygen atoms in total. The maximum Gasteiger partial charge on any atom is 0.253 e. The van der Waals surface area contributed by atoms with Gasteiger partial charge < -0.3 is 19.9 Å². The van der Waals surface area contributed by atoms with E-state index in [0.717, 1.165) is 24.5 Å². The number of nitrogens with one attached hydrogen (secondary N) is 1. The minimum atomic E-state index is -0.209. The summed E-state index contributed by atoms with van der Waals surface area (Å²) in [5.41, 5.74) is 2.13. The SMILES string of the molecule is C=CCNC(=O)c1cccc(C(=O)N2CCN(c3ccc(OC)cc3)CC2)c1. The van der Waals surface area contributed by atoms with Gasteiger partial charge in [0.25, 0.3) is 11.8 Å². The van der Waals surface area contributed by atoms with Crippen LogP contribution in [0.1, 0.15) is 20.7 Å². The predicted molar refractivity (Wildman–Crippen MR) is 110 cm³/mol. The van der Waals surface area contributed by atoms with Crippen molar-refractivity contribution >= 4 is 17.5 Å². The molecule has 3 rings (SSSR count). The molecule has 2 aromatic rings. The Morgan fingerprint density at radius 1 is 1.07 bits per heavy atom. The fourth-order valence-corrected chi connectivity index (χ4v) is 3.20. The molecule has 28 heavy (non-hydrogen) atoms. The van der Waals surface area contributed by atoms with E-state index < -0.39 is 0 Å². The molecule has 0 spiro atoms. The third-order valence-electron chi connectivity index (χ3n) is 4.78. The second kappa shape index (κ2) is 9.08. The average Bonchev–Trinajstić information content (AvgIpc) is 2.77. The molecular weight excluding hydrogens is 354 g/mol. The van der Waals surface area contributed by atoms with Gasteiger partial charge in [0.15, 0.2) is 0 Å². The molecule has 0 unspecified atom stereocenters. The molecule has 0 atom stereocenters. The standard InChI is InChI=1S/C22H25N3O3/c1-3-11-23-21(26)17-5-4-6-18(16-17)22(27)25-14-12-24(13-15-25)19-7-9-20(28-2)10-8-19/h3-10,16H,1,11-15H2,2H3,(H,23,26). The maximum absolute atomic E-state index is 12.9. The van der Waals surface area contributed by atoms with Gasteiger partial charge in [0.2, 0.25) is 0 Å². The van der Waals surface area contributed by atoms with Crippen molar-refractivity contribution in [1.29, 1.82) is 0 Å². The summed E-state index contributed by atoms with van der Waals surface area (Å²) in [6.07, 6.45) is 1.62. The molecule has 2 aromatic carbocycles. The van der Waals surface area contributed by atoms with E-state index in [4.69, 9.17) is 4.74 Å². The van der Waals surface area contributed by atoms with Crippen LogP contribution in [0.25, 0.3) is 0 Å². The fourth-order valence-electron chi connectivity index (χ4n) is 3.20. The van der Waals surface area contributed by atoms with Crippen molar-refractivity contribution in [2.45, 2.75) is 0 Å². The highest BCUT2D eigenvalue weighted by Crippen LogP contribution is 2.21. The third-order valence-corrected chi connectivity index (χ3v) is 4.78. The number of methoxy groups -OCH3 is 1. The van der Waals surface area contributed by atoms with Gasteiger partial charge in [-0.3, -0.25) is 9.59 Å². The van der Waals surface area contributed by atoms with Crippen molar-refractivity contribution < 1.29 is 14.3 Å². The molecule has 1 saturated heterocycles. The highest BCUT2D eigenvalue weighted by molar-refractivity contribution is 5.99. The lowest BCUT2D eigenvalue weighted by molar-refractivity contribution is 0.0747. The van der Waals surface area contributed by atoms with Crippen LogP contribution in [-0.4, -0.2) is 56.5 Å². The molecule has 0 bridgehead atoms. The van der Waals surface area contributed by atoms with Crippen molar-refractivity contribution in [1.82, 2.24) is 10.2 Å². The van der Waals surface area contributed by atoms with Crippen LogP contribution in [0.2, 0.25) is 0 Å². The maximum atomic E-state index is 12.9. The number of anilines is 1. The minimum Gasteiger partial charge on any atom is -0.497 e. The lowest BCUT2D eigenvalue weighted by Gasteiger charge is -2.36. The second-order valence-electron chi connectivity index (χ2n) is 6.56. The Bertz CT molecular complexity index is 840. The van der Waals surface area contributed by atoms with E-state index in [2.05, 4.69) is 16.8 Å². The van der Waals surface area contributed by atoms with Gasteiger partial charge in [-0.2, -0.15) is 0 Å². The molecule has 0 aliphatic carbocycles. The molecule has 1 aliphatic heterocycles. The fraction of sp³-hybridized carbons (Fsp3) is 0.273. The quantitative estimate of drug-likeness (QED) is 0.784. The van der Waals surface area contributed by atoms with Crippen LogP contribution in [0.4, 0.5) is 5.69 Å². The van der Waals surface area contributed by atoms with E-state index in [9.17, 15) is 9.59 Å². The zero-order chi connectivity index (χ0) is 19.9. The monoisotopic (exact) mass is 379 g/mol. The predicted octanol–water partition coefficient (Wildman–Crippen LogP) is 2.57. The Balaban J connectivity index is 1.61. The van der Waals surface area contributed by atoms with Gasteiger partial charge in [-0.25, -0.2) is 0 Å². The lowest BCUT2D eigenvalue weighted by Crippen LogP contribution is -2.48. The first-order valence-electron chi connectivity index (χ1n) is 9.30. The smallest absolute Gasteiger partial charge is 0.253 e. The first-order chi connectivity index (χ1) is 13.6. The van der Waals surface area contributed by atoms with Crippen LogP contribution >= 0.6 is 0 Å². The van der Waals surface area contributed by atoms with Crippen LogP contribution in [0.5, 0.6) is 5.75 Å². The van der Waals surface area contributed by atoms with Crippen LogP contribution in [0.3, 0.4) is 0 Å². The largest absolute Gasteiger partial charge is 0.497 e.